The molecule has 1 aliphatic rings. The van der Waals surface area contributed by atoms with E-state index in [2.05, 4.69) is 0 Å². The minimum atomic E-state index is -0.822. The van der Waals surface area contributed by atoms with Crippen LogP contribution < -0.4 is 5.73 Å². The van der Waals surface area contributed by atoms with Gasteiger partial charge in [-0.2, -0.15) is 0 Å². The number of carboxylic acid groups (broad SMARTS) is 1. The van der Waals surface area contributed by atoms with Crippen LogP contribution in [0, 0.1) is 5.92 Å². The third-order valence-corrected chi connectivity index (χ3v) is 3.50. The number of carbonyl (C=O) groups is 1. The van der Waals surface area contributed by atoms with E-state index in [0.29, 0.717) is 19.0 Å². The summed E-state index contributed by atoms with van der Waals surface area (Å²) in [7, 11) is 0. The number of likely N-dealkylation sites (tertiary alicyclic amines) is 1. The van der Waals surface area contributed by atoms with Crippen LogP contribution >= 0.6 is 0 Å². The second-order valence-corrected chi connectivity index (χ2v) is 4.54. The fraction of sp³-hybridized carbons (Fsp3) is 0.462. The highest BCUT2D eigenvalue weighted by Gasteiger charge is 2.26. The summed E-state index contributed by atoms with van der Waals surface area (Å²) in [5.41, 5.74) is 7.37. The summed E-state index contributed by atoms with van der Waals surface area (Å²) in [4.78, 5) is 12.3. The van der Waals surface area contributed by atoms with Gasteiger partial charge in [-0.3, -0.25) is 0 Å². The van der Waals surface area contributed by atoms with Gasteiger partial charge in [-0.05, 0) is 24.3 Å². The van der Waals surface area contributed by atoms with Gasteiger partial charge in [0.15, 0.2) is 0 Å². The quantitative estimate of drug-likeness (QED) is 0.823. The molecule has 92 valence electrons. The first-order valence-corrected chi connectivity index (χ1v) is 5.97. The van der Waals surface area contributed by atoms with E-state index < -0.39 is 6.09 Å². The van der Waals surface area contributed by atoms with Crippen LogP contribution in [0.3, 0.4) is 0 Å². The molecule has 1 fully saturated rings. The molecule has 1 atom stereocenters. The molecule has 3 N–H and O–H groups in total. The summed E-state index contributed by atoms with van der Waals surface area (Å²) in [5.74, 6) is 0.382. The first kappa shape index (κ1) is 11.9. The van der Waals surface area contributed by atoms with Crippen LogP contribution in [0.1, 0.15) is 24.4 Å². The first-order valence-electron chi connectivity index (χ1n) is 5.97. The van der Waals surface area contributed by atoms with E-state index in [4.69, 9.17) is 10.8 Å². The van der Waals surface area contributed by atoms with Crippen LogP contribution in [0.2, 0.25) is 0 Å². The number of benzene rings is 1. The Morgan fingerprint density at radius 1 is 1.29 bits per heavy atom. The van der Waals surface area contributed by atoms with Crippen molar-refractivity contribution in [2.24, 2.45) is 11.7 Å². The standard InChI is InChI=1S/C13H18N2O2/c14-12(10-4-2-1-3-5-10)11-6-8-15(9-7-11)13(16)17/h1-5,11-12H,6-9,14H2,(H,16,17). The second kappa shape index (κ2) is 5.19. The Kier molecular flexibility index (Phi) is 3.64. The monoisotopic (exact) mass is 234 g/mol. The molecular formula is C13H18N2O2. The largest absolute Gasteiger partial charge is 0.465 e. The van der Waals surface area contributed by atoms with Crippen molar-refractivity contribution in [2.45, 2.75) is 18.9 Å². The van der Waals surface area contributed by atoms with E-state index in [1.54, 1.807) is 0 Å². The van der Waals surface area contributed by atoms with Gasteiger partial charge in [-0.15, -0.1) is 0 Å². The molecule has 17 heavy (non-hydrogen) atoms. The molecule has 1 amide bonds. The molecule has 1 aromatic rings. The number of nitrogens with two attached hydrogens (primary N) is 1. The molecule has 1 unspecified atom stereocenters. The molecule has 1 saturated heterocycles. The number of hydrogen-bond acceptors (Lipinski definition) is 2. The smallest absolute Gasteiger partial charge is 0.407 e. The van der Waals surface area contributed by atoms with Crippen molar-refractivity contribution in [3.05, 3.63) is 35.9 Å². The summed E-state index contributed by atoms with van der Waals surface area (Å²) in [5, 5.41) is 8.87. The van der Waals surface area contributed by atoms with E-state index in [1.807, 2.05) is 30.3 Å². The predicted octanol–water partition coefficient (Wildman–Crippen LogP) is 2.08. The van der Waals surface area contributed by atoms with Crippen molar-refractivity contribution in [2.75, 3.05) is 13.1 Å². The summed E-state index contributed by atoms with van der Waals surface area (Å²) in [6.45, 7) is 1.20. The zero-order valence-corrected chi connectivity index (χ0v) is 9.75. The second-order valence-electron chi connectivity index (χ2n) is 4.54. The molecule has 0 aliphatic carbocycles. The van der Waals surface area contributed by atoms with E-state index >= 15 is 0 Å². The van der Waals surface area contributed by atoms with Gasteiger partial charge in [-0.1, -0.05) is 30.3 Å². The Bertz CT molecular complexity index is 372. The summed E-state index contributed by atoms with van der Waals surface area (Å²) in [6, 6.07) is 10.0. The Balaban J connectivity index is 1.95. The Morgan fingerprint density at radius 3 is 2.41 bits per heavy atom. The number of rotatable bonds is 2. The molecule has 1 aliphatic heterocycles. The van der Waals surface area contributed by atoms with Gasteiger partial charge < -0.3 is 15.7 Å². The predicted molar refractivity (Wildman–Crippen MR) is 65.7 cm³/mol. The van der Waals surface area contributed by atoms with Gasteiger partial charge >= 0.3 is 6.09 Å². The third kappa shape index (κ3) is 2.77. The number of amides is 1. The van der Waals surface area contributed by atoms with Gasteiger partial charge in [0.1, 0.15) is 0 Å². The Hall–Kier alpha value is -1.55. The molecule has 0 radical (unpaired) electrons. The van der Waals surface area contributed by atoms with Crippen LogP contribution in [-0.4, -0.2) is 29.2 Å². The van der Waals surface area contributed by atoms with Crippen LogP contribution in [0.5, 0.6) is 0 Å². The highest BCUT2D eigenvalue weighted by atomic mass is 16.4. The van der Waals surface area contributed by atoms with Crippen molar-refractivity contribution in [3.8, 4) is 0 Å². The zero-order chi connectivity index (χ0) is 12.3. The Labute approximate surface area is 101 Å². The number of hydrogen-bond donors (Lipinski definition) is 2. The lowest BCUT2D eigenvalue weighted by molar-refractivity contribution is 0.120. The summed E-state index contributed by atoms with van der Waals surface area (Å²) < 4.78 is 0. The summed E-state index contributed by atoms with van der Waals surface area (Å²) >= 11 is 0. The highest BCUT2D eigenvalue weighted by Crippen LogP contribution is 2.28. The van der Waals surface area contributed by atoms with Gasteiger partial charge in [0, 0.05) is 19.1 Å². The molecule has 2 rings (SSSR count). The number of nitrogens with zero attached hydrogens (tertiary/aromatic N) is 1. The van der Waals surface area contributed by atoms with Crippen molar-refractivity contribution >= 4 is 6.09 Å². The van der Waals surface area contributed by atoms with Gasteiger partial charge in [-0.25, -0.2) is 4.79 Å². The topological polar surface area (TPSA) is 66.6 Å². The number of piperidine rings is 1. The fourth-order valence-electron chi connectivity index (χ4n) is 2.40. The first-order chi connectivity index (χ1) is 8.18. The van der Waals surface area contributed by atoms with Crippen molar-refractivity contribution in [1.82, 2.24) is 4.90 Å². The normalized spacial score (nSPS) is 19.0. The third-order valence-electron chi connectivity index (χ3n) is 3.50. The Morgan fingerprint density at radius 2 is 1.88 bits per heavy atom. The van der Waals surface area contributed by atoms with Crippen LogP contribution in [0.25, 0.3) is 0 Å². The molecule has 1 aromatic carbocycles. The van der Waals surface area contributed by atoms with Crippen LogP contribution in [-0.2, 0) is 0 Å². The minimum Gasteiger partial charge on any atom is -0.465 e. The van der Waals surface area contributed by atoms with Gasteiger partial charge in [0.25, 0.3) is 0 Å². The van der Waals surface area contributed by atoms with Crippen LogP contribution in [0.4, 0.5) is 4.79 Å². The molecule has 0 spiro atoms. The average Bonchev–Trinajstić information content (AvgIpc) is 2.39. The molecule has 1 heterocycles. The fourth-order valence-corrected chi connectivity index (χ4v) is 2.40. The van der Waals surface area contributed by atoms with Gasteiger partial charge in [0.05, 0.1) is 0 Å². The highest BCUT2D eigenvalue weighted by molar-refractivity contribution is 5.64. The maximum Gasteiger partial charge on any atom is 0.407 e. The molecule has 0 saturated carbocycles. The lowest BCUT2D eigenvalue weighted by Crippen LogP contribution is -2.40. The molecule has 0 bridgehead atoms. The van der Waals surface area contributed by atoms with Crippen molar-refractivity contribution in [1.29, 1.82) is 0 Å². The minimum absolute atomic E-state index is 0.0205. The average molecular weight is 234 g/mol. The molecular weight excluding hydrogens is 216 g/mol. The van der Waals surface area contributed by atoms with Crippen molar-refractivity contribution in [3.63, 3.8) is 0 Å². The molecule has 0 aromatic heterocycles. The maximum atomic E-state index is 10.8. The van der Waals surface area contributed by atoms with Crippen molar-refractivity contribution < 1.29 is 9.90 Å². The van der Waals surface area contributed by atoms with E-state index in [-0.39, 0.29) is 6.04 Å². The lowest BCUT2D eigenvalue weighted by Gasteiger charge is -2.33. The van der Waals surface area contributed by atoms with E-state index in [1.165, 1.54) is 4.90 Å². The maximum absolute atomic E-state index is 10.8. The SMILES string of the molecule is NC(c1ccccc1)C1CCN(C(=O)O)CC1. The van der Waals surface area contributed by atoms with E-state index in [9.17, 15) is 4.79 Å². The van der Waals surface area contributed by atoms with Crippen LogP contribution in [0.15, 0.2) is 30.3 Å². The lowest BCUT2D eigenvalue weighted by atomic mass is 9.86. The zero-order valence-electron chi connectivity index (χ0n) is 9.75. The molecule has 4 nitrogen and oxygen atoms in total. The van der Waals surface area contributed by atoms with Gasteiger partial charge in [0.2, 0.25) is 0 Å². The molecule has 4 heteroatoms. The van der Waals surface area contributed by atoms with E-state index in [0.717, 1.165) is 18.4 Å². The summed E-state index contributed by atoms with van der Waals surface area (Å²) in [6.07, 6.45) is 0.877.